The molecule has 0 nitrogen and oxygen atoms in total. The Morgan fingerprint density at radius 2 is 0.433 bits per heavy atom. The molecule has 0 bridgehead atoms. The molecule has 0 aromatic heterocycles. The van der Waals surface area contributed by atoms with E-state index >= 15 is 0 Å². The molecule has 7 rings (SSSR count). The Morgan fingerprint density at radius 3 is 0.617 bits per heavy atom. The average Bonchev–Trinajstić information content (AvgIpc) is 3.16. The molecular weight excluding hydrogens is 721 g/mol. The van der Waals surface area contributed by atoms with Gasteiger partial charge in [-0.3, -0.25) is 0 Å². The fraction of sp³-hybridized carbons (Fsp3) is 0.267. The van der Waals surface area contributed by atoms with Gasteiger partial charge in [-0.25, -0.2) is 0 Å². The molecular formula is C60H48. The van der Waals surface area contributed by atoms with Crippen LogP contribution in [0.3, 0.4) is 0 Å². The van der Waals surface area contributed by atoms with Gasteiger partial charge in [0.2, 0.25) is 0 Å². The summed E-state index contributed by atoms with van der Waals surface area (Å²) >= 11 is 0. The van der Waals surface area contributed by atoms with Crippen molar-refractivity contribution in [3.8, 4) is 0 Å². The molecule has 0 heteroatoms. The van der Waals surface area contributed by atoms with E-state index in [9.17, 15) is 0 Å². The van der Waals surface area contributed by atoms with Crippen molar-refractivity contribution in [1.29, 1.82) is 0 Å². The zero-order valence-electron chi connectivity index (χ0n) is 36.9. The summed E-state index contributed by atoms with van der Waals surface area (Å²) in [5.74, 6) is 0. The maximum absolute atomic E-state index is 3.52. The van der Waals surface area contributed by atoms with Gasteiger partial charge < -0.3 is 0 Å². The van der Waals surface area contributed by atoms with E-state index < -0.39 is 0 Å². The van der Waals surface area contributed by atoms with Crippen LogP contribution in [0.4, 0.5) is 0 Å². The molecule has 0 aliphatic heterocycles. The monoisotopic (exact) mass is 768 g/mol. The molecule has 0 radical (unpaired) electrons. The number of rotatable bonds is 0. The molecule has 0 saturated heterocycles. The second kappa shape index (κ2) is 15.5. The number of hydrogen-bond acceptors (Lipinski definition) is 0. The molecule has 60 heavy (non-hydrogen) atoms. The Bertz CT molecular complexity index is 3200. The Labute approximate surface area is 354 Å². The van der Waals surface area contributed by atoms with Gasteiger partial charge in [-0.2, -0.15) is 0 Å². The SMILES string of the molecule is CC(C)(C)c1ccc2c(c1)=C=C=C=C=c1cc(C(C)(C)C)ccc1=C=C=C1C(=C=C=2)C2=C=C=c3ccc(C(C)(C)C)cc3=C=C=C=C=c3cc(C(C)(C)C)ccc3=C=C=C12. The lowest BCUT2D eigenvalue weighted by atomic mass is 9.76. The third-order valence-corrected chi connectivity index (χ3v) is 10.7. The summed E-state index contributed by atoms with van der Waals surface area (Å²) in [7, 11) is 0. The topological polar surface area (TPSA) is 0 Å². The van der Waals surface area contributed by atoms with Crippen molar-refractivity contribution in [3.05, 3.63) is 205 Å². The predicted molar refractivity (Wildman–Crippen MR) is 247 cm³/mol. The summed E-state index contributed by atoms with van der Waals surface area (Å²) in [4.78, 5) is 0. The standard InChI is InChI=1S/C60H48/c1-57(2,3)49-29-21-41-25-33-53-54(34-26-42-22-30-50(58(4,5)6)38-46(42)18-14-13-17-45(41)37-49)56-36-28-44-24-32-52(60(10,11)12)40-48(44)20-16-15-19-47-39-51(59(7,8)9)31-23-43(47)27-35-55(53)56/h21-24,29-32,37-40H,1-12H3. The molecule has 1 saturated carbocycles. The largest absolute Gasteiger partial charge is 0.0602 e. The highest BCUT2D eigenvalue weighted by molar-refractivity contribution is 5.79. The lowest BCUT2D eigenvalue weighted by Gasteiger charge is -2.21. The van der Waals surface area contributed by atoms with Gasteiger partial charge in [0.1, 0.15) is 0 Å². The van der Waals surface area contributed by atoms with Crippen LogP contribution >= 0.6 is 0 Å². The lowest BCUT2D eigenvalue weighted by Crippen LogP contribution is -2.26. The molecule has 4 aromatic rings. The molecule has 288 valence electrons. The molecule has 3 aliphatic carbocycles. The average molecular weight is 769 g/mol. The quantitative estimate of drug-likeness (QED) is 0.168. The van der Waals surface area contributed by atoms with Crippen LogP contribution in [0.5, 0.6) is 0 Å². The third kappa shape index (κ3) is 8.94. The van der Waals surface area contributed by atoms with Crippen LogP contribution in [0.25, 0.3) is 45.8 Å². The summed E-state index contributed by atoms with van der Waals surface area (Å²) in [6.07, 6.45) is 0. The third-order valence-electron chi connectivity index (χ3n) is 10.7. The van der Waals surface area contributed by atoms with Crippen molar-refractivity contribution in [3.63, 3.8) is 0 Å². The predicted octanol–water partition coefficient (Wildman–Crippen LogP) is 7.11. The van der Waals surface area contributed by atoms with Crippen LogP contribution in [0.1, 0.15) is 105 Å². The van der Waals surface area contributed by atoms with Gasteiger partial charge in [0.25, 0.3) is 0 Å². The van der Waals surface area contributed by atoms with Crippen LogP contribution in [0.15, 0.2) is 141 Å². The molecule has 0 spiro atoms. The van der Waals surface area contributed by atoms with E-state index in [1.54, 1.807) is 0 Å². The minimum Gasteiger partial charge on any atom is -0.0602 e. The van der Waals surface area contributed by atoms with Gasteiger partial charge in [0.15, 0.2) is 0 Å². The van der Waals surface area contributed by atoms with Gasteiger partial charge in [-0.1, -0.05) is 176 Å². The first-order valence-corrected chi connectivity index (χ1v) is 20.5. The van der Waals surface area contributed by atoms with Crippen LogP contribution in [0.2, 0.25) is 0 Å². The second-order valence-electron chi connectivity index (χ2n) is 19.5. The van der Waals surface area contributed by atoms with E-state index in [0.717, 1.165) is 64.0 Å². The van der Waals surface area contributed by atoms with Crippen molar-refractivity contribution in [2.75, 3.05) is 0 Å². The minimum atomic E-state index is -0.0666. The summed E-state index contributed by atoms with van der Waals surface area (Å²) in [6.45, 7) is 26.4. The zero-order valence-corrected chi connectivity index (χ0v) is 36.9. The Morgan fingerprint density at radius 1 is 0.233 bits per heavy atom. The number of benzene rings is 4. The highest BCUT2D eigenvalue weighted by Gasteiger charge is 2.31. The lowest BCUT2D eigenvalue weighted by molar-refractivity contribution is 0.589. The fourth-order valence-corrected chi connectivity index (χ4v) is 6.74. The first-order chi connectivity index (χ1) is 28.3. The maximum atomic E-state index is 3.52. The maximum Gasteiger partial charge on any atom is 0.0588 e. The van der Waals surface area contributed by atoms with Crippen LogP contribution in [0, 0.1) is 0 Å². The fourth-order valence-electron chi connectivity index (χ4n) is 6.74. The molecule has 1 fully saturated rings. The zero-order chi connectivity index (χ0) is 43.0. The van der Waals surface area contributed by atoms with Crippen molar-refractivity contribution in [2.24, 2.45) is 0 Å². The molecule has 3 aliphatic rings. The van der Waals surface area contributed by atoms with E-state index in [1.807, 2.05) is 0 Å². The molecule has 0 atom stereocenters. The first kappa shape index (κ1) is 41.0. The summed E-state index contributed by atoms with van der Waals surface area (Å²) < 4.78 is 0. The van der Waals surface area contributed by atoms with Gasteiger partial charge in [0.05, 0.1) is 22.3 Å². The van der Waals surface area contributed by atoms with E-state index in [1.165, 1.54) is 22.3 Å². The van der Waals surface area contributed by atoms with E-state index in [4.69, 9.17) is 0 Å². The number of fused-ring (bicyclic) bond motifs is 8. The summed E-state index contributed by atoms with van der Waals surface area (Å²) in [6, 6.07) is 25.3. The highest BCUT2D eigenvalue weighted by Crippen LogP contribution is 2.41. The molecule has 0 N–H and O–H groups in total. The Kier molecular flexibility index (Phi) is 10.6. The van der Waals surface area contributed by atoms with Gasteiger partial charge in [-0.05, 0) is 115 Å². The van der Waals surface area contributed by atoms with E-state index in [0.29, 0.717) is 0 Å². The minimum absolute atomic E-state index is 0.0666. The van der Waals surface area contributed by atoms with E-state index in [2.05, 4.69) is 248 Å². The normalized spacial score (nSPS) is 13.5. The number of allylic oxidation sites excluding steroid dienone is 4. The van der Waals surface area contributed by atoms with Crippen LogP contribution < -0.4 is 41.7 Å². The van der Waals surface area contributed by atoms with Gasteiger partial charge >= 0.3 is 0 Å². The Hall–Kier alpha value is -7.16. The Balaban J connectivity index is 1.80. The first-order valence-electron chi connectivity index (χ1n) is 20.5. The second-order valence-corrected chi connectivity index (χ2v) is 19.5. The highest BCUT2D eigenvalue weighted by atomic mass is 14.3. The molecule has 0 unspecified atom stereocenters. The van der Waals surface area contributed by atoms with Crippen LogP contribution in [-0.2, 0) is 21.7 Å². The molecule has 0 amide bonds. The summed E-state index contributed by atoms with van der Waals surface area (Å²) in [5, 5.41) is 6.59. The van der Waals surface area contributed by atoms with Gasteiger partial charge in [0, 0.05) is 41.7 Å². The van der Waals surface area contributed by atoms with Crippen molar-refractivity contribution in [2.45, 2.75) is 105 Å². The summed E-state index contributed by atoms with van der Waals surface area (Å²) in [5.41, 5.74) is 61.3. The van der Waals surface area contributed by atoms with Gasteiger partial charge in [-0.15, -0.1) is 0 Å². The van der Waals surface area contributed by atoms with Crippen molar-refractivity contribution < 1.29 is 0 Å². The van der Waals surface area contributed by atoms with E-state index in [-0.39, 0.29) is 21.7 Å². The van der Waals surface area contributed by atoms with Crippen molar-refractivity contribution >= 4 is 45.8 Å². The van der Waals surface area contributed by atoms with Crippen LogP contribution in [-0.4, -0.2) is 0 Å². The molecule has 0 heterocycles. The molecule has 4 aromatic carbocycles. The van der Waals surface area contributed by atoms with Crippen molar-refractivity contribution in [1.82, 2.24) is 0 Å². The smallest absolute Gasteiger partial charge is 0.0588 e. The number of hydrogen-bond donors (Lipinski definition) is 0.